The summed E-state index contributed by atoms with van der Waals surface area (Å²) in [7, 11) is 0. The van der Waals surface area contributed by atoms with Gasteiger partial charge in [0.2, 0.25) is 5.91 Å². The molecule has 1 aliphatic rings. The van der Waals surface area contributed by atoms with Crippen molar-refractivity contribution in [1.82, 2.24) is 9.47 Å². The molecule has 0 N–H and O–H groups in total. The molecule has 1 aliphatic heterocycles. The third-order valence-electron chi connectivity index (χ3n) is 5.25. The zero-order chi connectivity index (χ0) is 19.5. The smallest absolute Gasteiger partial charge is 0.354 e. The summed E-state index contributed by atoms with van der Waals surface area (Å²) in [5.74, 6) is 0.0207. The van der Waals surface area contributed by atoms with E-state index < -0.39 is 0 Å². The van der Waals surface area contributed by atoms with E-state index in [1.54, 1.807) is 0 Å². The molecule has 0 saturated carbocycles. The summed E-state index contributed by atoms with van der Waals surface area (Å²) >= 11 is 0. The van der Waals surface area contributed by atoms with Crippen LogP contribution in [0, 0.1) is 5.92 Å². The summed E-state index contributed by atoms with van der Waals surface area (Å²) in [5.41, 5.74) is 2.69. The van der Waals surface area contributed by atoms with Crippen molar-refractivity contribution in [2.45, 2.75) is 26.4 Å². The predicted octanol–water partition coefficient (Wildman–Crippen LogP) is 3.87. The molecule has 5 heteroatoms. The summed E-state index contributed by atoms with van der Waals surface area (Å²) < 4.78 is 7.26. The van der Waals surface area contributed by atoms with Crippen LogP contribution in [0.1, 0.15) is 29.4 Å². The average Bonchev–Trinajstić information content (AvgIpc) is 3.24. The summed E-state index contributed by atoms with van der Waals surface area (Å²) in [6, 6.07) is 19.9. The minimum absolute atomic E-state index is 0.167. The highest BCUT2D eigenvalue weighted by Gasteiger charge is 2.31. The van der Waals surface area contributed by atoms with Crippen LogP contribution in [0.25, 0.3) is 10.9 Å². The van der Waals surface area contributed by atoms with Gasteiger partial charge in [-0.15, -0.1) is 0 Å². The van der Waals surface area contributed by atoms with Gasteiger partial charge in [0.05, 0.1) is 6.61 Å². The van der Waals surface area contributed by atoms with E-state index in [9.17, 15) is 9.59 Å². The molecule has 5 nitrogen and oxygen atoms in total. The molecule has 0 spiro atoms. The number of nitrogens with zero attached hydrogens (tertiary/aromatic N) is 2. The molecule has 0 bridgehead atoms. The fourth-order valence-electron chi connectivity index (χ4n) is 3.97. The standard InChI is InChI=1S/C23H24N2O3/c1-2-28-23(27)21-13-19-10-6-7-11-20(19)25(21)16-18-12-22(26)24(15-18)14-17-8-4-3-5-9-17/h3-11,13,18H,2,12,14-16H2,1H3. The first-order valence-electron chi connectivity index (χ1n) is 9.72. The number of para-hydroxylation sites is 1. The highest BCUT2D eigenvalue weighted by atomic mass is 16.5. The lowest BCUT2D eigenvalue weighted by Crippen LogP contribution is -2.25. The average molecular weight is 376 g/mol. The number of fused-ring (bicyclic) bond motifs is 1. The van der Waals surface area contributed by atoms with E-state index in [4.69, 9.17) is 4.74 Å². The zero-order valence-corrected chi connectivity index (χ0v) is 16.0. The molecule has 3 aromatic rings. The highest BCUT2D eigenvalue weighted by Crippen LogP contribution is 2.27. The Morgan fingerprint density at radius 3 is 2.64 bits per heavy atom. The number of hydrogen-bond donors (Lipinski definition) is 0. The summed E-state index contributed by atoms with van der Waals surface area (Å²) in [6.07, 6.45) is 0.502. The highest BCUT2D eigenvalue weighted by molar-refractivity contribution is 5.95. The van der Waals surface area contributed by atoms with E-state index in [0.717, 1.165) is 16.5 Å². The van der Waals surface area contributed by atoms with Crippen molar-refractivity contribution in [2.24, 2.45) is 5.92 Å². The van der Waals surface area contributed by atoms with Gasteiger partial charge in [0.25, 0.3) is 0 Å². The first-order chi connectivity index (χ1) is 13.7. The van der Waals surface area contributed by atoms with Crippen molar-refractivity contribution >= 4 is 22.8 Å². The van der Waals surface area contributed by atoms with Crippen LogP contribution in [-0.4, -0.2) is 34.5 Å². The molecular weight excluding hydrogens is 352 g/mol. The van der Waals surface area contributed by atoms with Crippen LogP contribution in [0.15, 0.2) is 60.7 Å². The van der Waals surface area contributed by atoms with Crippen LogP contribution in [-0.2, 0) is 22.6 Å². The molecule has 2 heterocycles. The third-order valence-corrected chi connectivity index (χ3v) is 5.25. The molecule has 1 saturated heterocycles. The van der Waals surface area contributed by atoms with Gasteiger partial charge in [-0.2, -0.15) is 0 Å². The Balaban J connectivity index is 1.55. The first-order valence-corrected chi connectivity index (χ1v) is 9.72. The Bertz CT molecular complexity index is 994. The van der Waals surface area contributed by atoms with Gasteiger partial charge < -0.3 is 14.2 Å². The number of amides is 1. The summed E-state index contributed by atoms with van der Waals surface area (Å²) in [5, 5.41) is 1.01. The minimum atomic E-state index is -0.316. The quantitative estimate of drug-likeness (QED) is 0.614. The van der Waals surface area contributed by atoms with E-state index >= 15 is 0 Å². The van der Waals surface area contributed by atoms with Gasteiger partial charge in [-0.1, -0.05) is 48.5 Å². The molecule has 28 heavy (non-hydrogen) atoms. The van der Waals surface area contributed by atoms with Crippen LogP contribution >= 0.6 is 0 Å². The van der Waals surface area contributed by atoms with Crippen molar-refractivity contribution in [3.63, 3.8) is 0 Å². The molecule has 0 radical (unpaired) electrons. The van der Waals surface area contributed by atoms with Crippen molar-refractivity contribution < 1.29 is 14.3 Å². The van der Waals surface area contributed by atoms with E-state index in [2.05, 4.69) is 0 Å². The van der Waals surface area contributed by atoms with Crippen LogP contribution in [0.4, 0.5) is 0 Å². The number of ether oxygens (including phenoxy) is 1. The fourth-order valence-corrected chi connectivity index (χ4v) is 3.97. The number of likely N-dealkylation sites (tertiary alicyclic amines) is 1. The van der Waals surface area contributed by atoms with Gasteiger partial charge in [-0.3, -0.25) is 4.79 Å². The van der Waals surface area contributed by atoms with Crippen molar-refractivity contribution in [1.29, 1.82) is 0 Å². The maximum Gasteiger partial charge on any atom is 0.354 e. The van der Waals surface area contributed by atoms with Crippen LogP contribution in [0.5, 0.6) is 0 Å². The molecule has 1 unspecified atom stereocenters. The zero-order valence-electron chi connectivity index (χ0n) is 16.0. The lowest BCUT2D eigenvalue weighted by molar-refractivity contribution is -0.128. The molecule has 4 rings (SSSR count). The Kier molecular flexibility index (Phi) is 5.15. The van der Waals surface area contributed by atoms with Gasteiger partial charge in [-0.05, 0) is 24.6 Å². The number of carbonyl (C=O) groups is 2. The van der Waals surface area contributed by atoms with E-state index in [1.807, 2.05) is 77.1 Å². The molecule has 1 atom stereocenters. The lowest BCUT2D eigenvalue weighted by Gasteiger charge is -2.18. The maximum absolute atomic E-state index is 12.5. The second-order valence-electron chi connectivity index (χ2n) is 7.25. The summed E-state index contributed by atoms with van der Waals surface area (Å²) in [4.78, 5) is 26.9. The van der Waals surface area contributed by atoms with E-state index in [1.165, 1.54) is 0 Å². The van der Waals surface area contributed by atoms with Crippen molar-refractivity contribution in [3.8, 4) is 0 Å². The maximum atomic E-state index is 12.5. The predicted molar refractivity (Wildman–Crippen MR) is 108 cm³/mol. The van der Waals surface area contributed by atoms with Gasteiger partial charge in [0.15, 0.2) is 0 Å². The number of carbonyl (C=O) groups excluding carboxylic acids is 2. The fraction of sp³-hybridized carbons (Fsp3) is 0.304. The third kappa shape index (κ3) is 3.65. The molecule has 0 aliphatic carbocycles. The number of aromatic nitrogens is 1. The minimum Gasteiger partial charge on any atom is -0.461 e. The molecule has 1 fully saturated rings. The Morgan fingerprint density at radius 1 is 1.11 bits per heavy atom. The van der Waals surface area contributed by atoms with E-state index in [0.29, 0.717) is 38.4 Å². The Morgan fingerprint density at radius 2 is 1.86 bits per heavy atom. The first kappa shape index (κ1) is 18.3. The van der Waals surface area contributed by atoms with Crippen LogP contribution < -0.4 is 0 Å². The van der Waals surface area contributed by atoms with E-state index in [-0.39, 0.29) is 17.8 Å². The Labute approximate surface area is 164 Å². The normalized spacial score (nSPS) is 16.7. The molecule has 1 aromatic heterocycles. The SMILES string of the molecule is CCOC(=O)c1cc2ccccc2n1CC1CC(=O)N(Cc2ccccc2)C1. The molecular formula is C23H24N2O3. The molecule has 144 valence electrons. The molecule has 1 amide bonds. The number of rotatable bonds is 6. The number of hydrogen-bond acceptors (Lipinski definition) is 3. The molecule has 2 aromatic carbocycles. The number of benzene rings is 2. The van der Waals surface area contributed by atoms with Crippen LogP contribution in [0.3, 0.4) is 0 Å². The second kappa shape index (κ2) is 7.89. The van der Waals surface area contributed by atoms with Crippen molar-refractivity contribution in [2.75, 3.05) is 13.2 Å². The van der Waals surface area contributed by atoms with Gasteiger partial charge in [-0.25, -0.2) is 4.79 Å². The monoisotopic (exact) mass is 376 g/mol. The number of esters is 1. The lowest BCUT2D eigenvalue weighted by atomic mass is 10.1. The second-order valence-corrected chi connectivity index (χ2v) is 7.25. The largest absolute Gasteiger partial charge is 0.461 e. The topological polar surface area (TPSA) is 51.5 Å². The van der Waals surface area contributed by atoms with Gasteiger partial charge >= 0.3 is 5.97 Å². The van der Waals surface area contributed by atoms with Crippen molar-refractivity contribution in [3.05, 3.63) is 71.9 Å². The van der Waals surface area contributed by atoms with Crippen LogP contribution in [0.2, 0.25) is 0 Å². The van der Waals surface area contributed by atoms with Gasteiger partial charge in [0.1, 0.15) is 5.69 Å². The summed E-state index contributed by atoms with van der Waals surface area (Å²) in [6.45, 7) is 4.10. The Hall–Kier alpha value is -3.08. The van der Waals surface area contributed by atoms with Gasteiger partial charge in [0, 0.05) is 42.9 Å².